The molecule has 0 bridgehead atoms. The van der Waals surface area contributed by atoms with Gasteiger partial charge in [0.1, 0.15) is 0 Å². The number of benzene rings is 2. The van der Waals surface area contributed by atoms with E-state index in [-0.39, 0.29) is 5.25 Å². The summed E-state index contributed by atoms with van der Waals surface area (Å²) in [6.07, 6.45) is 4.71. The van der Waals surface area contributed by atoms with Gasteiger partial charge in [-0.25, -0.2) is 8.42 Å². The minimum absolute atomic E-state index is 0.250. The zero-order valence-corrected chi connectivity index (χ0v) is 16.1. The molecule has 25 heavy (non-hydrogen) atoms. The maximum atomic E-state index is 12.6. The third-order valence-electron chi connectivity index (χ3n) is 5.31. The summed E-state index contributed by atoms with van der Waals surface area (Å²) in [7, 11) is -3.30. The van der Waals surface area contributed by atoms with Crippen LogP contribution in [0.25, 0.3) is 11.1 Å². The van der Waals surface area contributed by atoms with Crippen molar-refractivity contribution in [2.45, 2.75) is 58.1 Å². The van der Waals surface area contributed by atoms with Crippen molar-refractivity contribution in [3.8, 4) is 11.1 Å². The van der Waals surface area contributed by atoms with Crippen LogP contribution in [0.3, 0.4) is 0 Å². The Balaban J connectivity index is 1.83. The Kier molecular flexibility index (Phi) is 5.19. The molecule has 0 radical (unpaired) electrons. The van der Waals surface area contributed by atoms with Crippen molar-refractivity contribution in [2.24, 2.45) is 0 Å². The fraction of sp³-hybridized carbons (Fsp3) is 0.429. The Morgan fingerprint density at radius 3 is 2.00 bits per heavy atom. The van der Waals surface area contributed by atoms with Crippen LogP contribution >= 0.6 is 0 Å². The van der Waals surface area contributed by atoms with Crippen LogP contribution < -0.4 is 4.72 Å². The Hall–Kier alpha value is -1.81. The molecule has 2 aromatic carbocycles. The summed E-state index contributed by atoms with van der Waals surface area (Å²) in [6.45, 7) is 6.18. The summed E-state index contributed by atoms with van der Waals surface area (Å²) in [4.78, 5) is 0. The van der Waals surface area contributed by atoms with Gasteiger partial charge in [-0.2, -0.15) is 0 Å². The van der Waals surface area contributed by atoms with Crippen LogP contribution in [0.15, 0.2) is 36.4 Å². The number of hydrogen-bond donors (Lipinski definition) is 1. The minimum Gasteiger partial charge on any atom is -0.283 e. The molecular weight excluding hydrogens is 330 g/mol. The fourth-order valence-corrected chi connectivity index (χ4v) is 5.15. The number of rotatable bonds is 4. The molecule has 0 aromatic heterocycles. The number of anilines is 1. The summed E-state index contributed by atoms with van der Waals surface area (Å²) >= 11 is 0. The topological polar surface area (TPSA) is 46.2 Å². The highest BCUT2D eigenvalue weighted by Gasteiger charge is 2.27. The van der Waals surface area contributed by atoms with Crippen molar-refractivity contribution in [3.63, 3.8) is 0 Å². The predicted molar refractivity (Wildman–Crippen MR) is 106 cm³/mol. The van der Waals surface area contributed by atoms with E-state index in [1.165, 1.54) is 11.1 Å². The van der Waals surface area contributed by atoms with Gasteiger partial charge in [0.2, 0.25) is 10.0 Å². The van der Waals surface area contributed by atoms with E-state index < -0.39 is 10.0 Å². The van der Waals surface area contributed by atoms with Gasteiger partial charge >= 0.3 is 0 Å². The van der Waals surface area contributed by atoms with Crippen LogP contribution in [0.2, 0.25) is 0 Å². The molecule has 134 valence electrons. The molecule has 0 amide bonds. The molecule has 1 aliphatic carbocycles. The number of nitrogens with one attached hydrogen (secondary N) is 1. The van der Waals surface area contributed by atoms with E-state index in [0.717, 1.165) is 48.8 Å². The van der Waals surface area contributed by atoms with Gasteiger partial charge in [0.15, 0.2) is 0 Å². The van der Waals surface area contributed by atoms with Gasteiger partial charge in [0.25, 0.3) is 0 Å². The van der Waals surface area contributed by atoms with Gasteiger partial charge in [0, 0.05) is 0 Å². The molecule has 3 nitrogen and oxygen atoms in total. The number of sulfonamides is 1. The molecule has 1 saturated carbocycles. The molecule has 3 rings (SSSR count). The van der Waals surface area contributed by atoms with Crippen LogP contribution in [-0.4, -0.2) is 13.7 Å². The zero-order valence-electron chi connectivity index (χ0n) is 15.3. The molecule has 4 heteroatoms. The number of hydrogen-bond acceptors (Lipinski definition) is 2. The standard InChI is InChI=1S/C21H27NO2S/c1-15-9-10-18(13-16(15)2)19-11-12-21(17(3)14-19)22-25(23,24)20-7-5-4-6-8-20/h9-14,20,22H,4-8H2,1-3H3. The lowest BCUT2D eigenvalue weighted by Gasteiger charge is -2.23. The molecule has 0 saturated heterocycles. The Bertz CT molecular complexity index is 865. The molecule has 0 atom stereocenters. The van der Waals surface area contributed by atoms with Gasteiger partial charge in [-0.1, -0.05) is 43.5 Å². The molecule has 1 N–H and O–H groups in total. The molecule has 1 aliphatic rings. The van der Waals surface area contributed by atoms with Gasteiger partial charge in [0.05, 0.1) is 10.9 Å². The first kappa shape index (κ1) is 18.0. The lowest BCUT2D eigenvalue weighted by Crippen LogP contribution is -2.29. The third-order valence-corrected chi connectivity index (χ3v) is 7.16. The molecule has 1 fully saturated rings. The highest BCUT2D eigenvalue weighted by atomic mass is 32.2. The van der Waals surface area contributed by atoms with Gasteiger partial charge in [-0.15, -0.1) is 0 Å². The predicted octanol–water partition coefficient (Wildman–Crippen LogP) is 5.35. The van der Waals surface area contributed by atoms with Crippen molar-refractivity contribution >= 4 is 15.7 Å². The molecule has 0 unspecified atom stereocenters. The largest absolute Gasteiger partial charge is 0.283 e. The SMILES string of the molecule is Cc1ccc(-c2ccc(NS(=O)(=O)C3CCCCC3)c(C)c2)cc1C. The monoisotopic (exact) mass is 357 g/mol. The maximum Gasteiger partial charge on any atom is 0.235 e. The van der Waals surface area contributed by atoms with Crippen molar-refractivity contribution in [3.05, 3.63) is 53.1 Å². The summed E-state index contributed by atoms with van der Waals surface area (Å²) < 4.78 is 28.1. The summed E-state index contributed by atoms with van der Waals surface area (Å²) in [6, 6.07) is 12.4. The van der Waals surface area contributed by atoms with Crippen molar-refractivity contribution in [1.29, 1.82) is 0 Å². The van der Waals surface area contributed by atoms with Crippen LogP contribution in [0, 0.1) is 20.8 Å². The average Bonchev–Trinajstić information content (AvgIpc) is 2.60. The average molecular weight is 358 g/mol. The molecule has 0 heterocycles. The molecule has 0 aliphatic heterocycles. The second kappa shape index (κ2) is 7.20. The number of aryl methyl sites for hydroxylation is 3. The lowest BCUT2D eigenvalue weighted by atomic mass is 9.99. The van der Waals surface area contributed by atoms with Crippen LogP contribution in [0.5, 0.6) is 0 Å². The van der Waals surface area contributed by atoms with E-state index in [2.05, 4.69) is 42.8 Å². The Labute approximate surface area is 151 Å². The summed E-state index contributed by atoms with van der Waals surface area (Å²) in [5.41, 5.74) is 6.46. The van der Waals surface area contributed by atoms with Crippen LogP contribution in [0.4, 0.5) is 5.69 Å². The van der Waals surface area contributed by atoms with Gasteiger partial charge in [-0.3, -0.25) is 4.72 Å². The molecular formula is C21H27NO2S. The Morgan fingerprint density at radius 1 is 0.800 bits per heavy atom. The lowest BCUT2D eigenvalue weighted by molar-refractivity contribution is 0.486. The normalized spacial score (nSPS) is 16.0. The summed E-state index contributed by atoms with van der Waals surface area (Å²) in [5, 5.41) is -0.250. The maximum absolute atomic E-state index is 12.6. The van der Waals surface area contributed by atoms with Crippen molar-refractivity contribution < 1.29 is 8.42 Å². The van der Waals surface area contributed by atoms with Gasteiger partial charge < -0.3 is 0 Å². The summed E-state index contributed by atoms with van der Waals surface area (Å²) in [5.74, 6) is 0. The Morgan fingerprint density at radius 2 is 1.40 bits per heavy atom. The van der Waals surface area contributed by atoms with E-state index >= 15 is 0 Å². The first-order chi connectivity index (χ1) is 11.9. The van der Waals surface area contributed by atoms with Crippen molar-refractivity contribution in [1.82, 2.24) is 0 Å². The quantitative estimate of drug-likeness (QED) is 0.801. The third kappa shape index (κ3) is 4.06. The smallest absolute Gasteiger partial charge is 0.235 e. The van der Waals surface area contributed by atoms with Gasteiger partial charge in [-0.05, 0) is 73.6 Å². The highest BCUT2D eigenvalue weighted by Crippen LogP contribution is 2.29. The van der Waals surface area contributed by atoms with Crippen LogP contribution in [0.1, 0.15) is 48.8 Å². The van der Waals surface area contributed by atoms with Crippen LogP contribution in [-0.2, 0) is 10.0 Å². The van der Waals surface area contributed by atoms with E-state index in [4.69, 9.17) is 0 Å². The van der Waals surface area contributed by atoms with E-state index in [0.29, 0.717) is 5.69 Å². The molecule has 2 aromatic rings. The van der Waals surface area contributed by atoms with E-state index in [1.807, 2.05) is 19.1 Å². The first-order valence-corrected chi connectivity index (χ1v) is 10.6. The minimum atomic E-state index is -3.30. The fourth-order valence-electron chi connectivity index (χ4n) is 3.49. The van der Waals surface area contributed by atoms with Crippen molar-refractivity contribution in [2.75, 3.05) is 4.72 Å². The zero-order chi connectivity index (χ0) is 18.0. The van der Waals surface area contributed by atoms with E-state index in [1.54, 1.807) is 0 Å². The van der Waals surface area contributed by atoms with E-state index in [9.17, 15) is 8.42 Å². The first-order valence-electron chi connectivity index (χ1n) is 9.07. The molecule has 0 spiro atoms. The second-order valence-corrected chi connectivity index (χ2v) is 9.20. The highest BCUT2D eigenvalue weighted by molar-refractivity contribution is 7.93. The second-order valence-electron chi connectivity index (χ2n) is 7.24.